The second-order valence-electron chi connectivity index (χ2n) is 8.63. The average molecular weight is 624 g/mol. The fourth-order valence-corrected chi connectivity index (χ4v) is 8.02. The molecule has 0 unspecified atom stereocenters. The van der Waals surface area contributed by atoms with E-state index < -0.39 is 20.2 Å². The summed E-state index contributed by atoms with van der Waals surface area (Å²) in [5.74, 6) is 0. The van der Waals surface area contributed by atoms with E-state index in [-0.39, 0.29) is 9.79 Å². The van der Waals surface area contributed by atoms with Crippen LogP contribution in [0.1, 0.15) is 0 Å². The minimum Gasteiger partial charge on any atom is -0.282 e. The van der Waals surface area contributed by atoms with Crippen LogP contribution in [-0.2, 0) is 20.2 Å². The highest BCUT2D eigenvalue weighted by atomic mass is 32.2. The first-order chi connectivity index (χ1) is 19.6. The molecule has 0 saturated heterocycles. The lowest BCUT2D eigenvalue weighted by molar-refractivity contribution is 0.482. The zero-order valence-corrected chi connectivity index (χ0v) is 23.8. The molecular formula is C26H17N5O6S4. The summed E-state index contributed by atoms with van der Waals surface area (Å²) in [6, 6.07) is 23.4. The van der Waals surface area contributed by atoms with Crippen molar-refractivity contribution in [3.05, 3.63) is 84.9 Å². The Bertz CT molecular complexity index is 2170. The Kier molecular flexibility index (Phi) is 6.85. The Morgan fingerprint density at radius 3 is 1.56 bits per heavy atom. The highest BCUT2D eigenvalue weighted by Gasteiger charge is 2.19. The molecule has 0 radical (unpaired) electrons. The Morgan fingerprint density at radius 1 is 0.634 bits per heavy atom. The lowest BCUT2D eigenvalue weighted by atomic mass is 10.2. The summed E-state index contributed by atoms with van der Waals surface area (Å²) in [7, 11) is -8.72. The van der Waals surface area contributed by atoms with E-state index in [4.69, 9.17) is 0 Å². The van der Waals surface area contributed by atoms with Crippen molar-refractivity contribution < 1.29 is 25.9 Å². The number of fused-ring (bicyclic) bond motifs is 2. The van der Waals surface area contributed by atoms with Crippen molar-refractivity contribution in [1.82, 2.24) is 9.97 Å². The predicted molar refractivity (Wildman–Crippen MR) is 158 cm³/mol. The van der Waals surface area contributed by atoms with Gasteiger partial charge in [0, 0.05) is 11.1 Å². The molecule has 0 saturated carbocycles. The van der Waals surface area contributed by atoms with Gasteiger partial charge in [0.2, 0.25) is 0 Å². The van der Waals surface area contributed by atoms with E-state index in [2.05, 4.69) is 25.7 Å². The van der Waals surface area contributed by atoms with Gasteiger partial charge in [0.15, 0.2) is 0 Å². The standard InChI is InChI=1S/C26H17N5O6S4/c32-40(33,34)21-5-1-3-19-23(21)38-25(27-19)15-7-11-17(12-8-15)29-31-30-18-13-9-16(10-14-18)26-28-20-4-2-6-22(24(20)39-26)41(35,36)37/h1-14H,(H,29,30)(H,32,33,34)(H,35,36,37). The molecule has 0 bridgehead atoms. The Hall–Kier alpha value is -4.12. The molecule has 3 N–H and O–H groups in total. The number of benzene rings is 4. The van der Waals surface area contributed by atoms with Gasteiger partial charge < -0.3 is 0 Å². The fourth-order valence-electron chi connectivity index (χ4n) is 4.00. The maximum Gasteiger partial charge on any atom is 0.296 e. The lowest BCUT2D eigenvalue weighted by Crippen LogP contribution is -1.97. The van der Waals surface area contributed by atoms with Crippen molar-refractivity contribution in [2.75, 3.05) is 5.43 Å². The van der Waals surface area contributed by atoms with Crippen LogP contribution in [0, 0.1) is 0 Å². The van der Waals surface area contributed by atoms with E-state index in [0.717, 1.165) is 11.1 Å². The third-order valence-electron chi connectivity index (χ3n) is 5.90. The average Bonchev–Trinajstić information content (AvgIpc) is 3.57. The summed E-state index contributed by atoms with van der Waals surface area (Å²) in [4.78, 5) is 8.62. The zero-order chi connectivity index (χ0) is 28.8. The van der Waals surface area contributed by atoms with Crippen molar-refractivity contribution in [3.8, 4) is 21.1 Å². The molecular weight excluding hydrogens is 607 g/mol. The van der Waals surface area contributed by atoms with Crippen LogP contribution < -0.4 is 5.43 Å². The second-order valence-corrected chi connectivity index (χ2v) is 13.4. The van der Waals surface area contributed by atoms with Crippen LogP contribution in [0.15, 0.2) is 105 Å². The first-order valence-corrected chi connectivity index (χ1v) is 16.2. The lowest BCUT2D eigenvalue weighted by Gasteiger charge is -2.01. The molecule has 0 aliphatic rings. The Balaban J connectivity index is 1.15. The van der Waals surface area contributed by atoms with Gasteiger partial charge in [-0.25, -0.2) is 9.97 Å². The molecule has 4 aromatic carbocycles. The molecule has 0 spiro atoms. The molecule has 0 atom stereocenters. The van der Waals surface area contributed by atoms with Crippen LogP contribution in [0.25, 0.3) is 41.6 Å². The maximum atomic E-state index is 11.7. The van der Waals surface area contributed by atoms with E-state index in [1.807, 2.05) is 12.1 Å². The molecule has 41 heavy (non-hydrogen) atoms. The molecule has 206 valence electrons. The van der Waals surface area contributed by atoms with E-state index >= 15 is 0 Å². The molecule has 15 heteroatoms. The van der Waals surface area contributed by atoms with Gasteiger partial charge in [0.1, 0.15) is 19.8 Å². The molecule has 6 rings (SSSR count). The van der Waals surface area contributed by atoms with Gasteiger partial charge >= 0.3 is 0 Å². The van der Waals surface area contributed by atoms with Gasteiger partial charge in [-0.05, 0) is 72.8 Å². The molecule has 0 amide bonds. The van der Waals surface area contributed by atoms with Gasteiger partial charge in [0.05, 0.1) is 31.8 Å². The number of anilines is 1. The van der Waals surface area contributed by atoms with Crippen LogP contribution in [0.2, 0.25) is 0 Å². The maximum absolute atomic E-state index is 11.7. The van der Waals surface area contributed by atoms with E-state index in [1.54, 1.807) is 48.5 Å². The van der Waals surface area contributed by atoms with E-state index in [0.29, 0.717) is 41.8 Å². The summed E-state index contributed by atoms with van der Waals surface area (Å²) < 4.78 is 66.4. The van der Waals surface area contributed by atoms with Crippen molar-refractivity contribution in [3.63, 3.8) is 0 Å². The van der Waals surface area contributed by atoms with Crippen molar-refractivity contribution >= 4 is 74.7 Å². The Morgan fingerprint density at radius 2 is 1.10 bits per heavy atom. The van der Waals surface area contributed by atoms with Crippen LogP contribution >= 0.6 is 22.7 Å². The summed E-state index contributed by atoms with van der Waals surface area (Å²) in [5.41, 5.74) is 6.57. The van der Waals surface area contributed by atoms with Crippen LogP contribution in [0.4, 0.5) is 11.4 Å². The smallest absolute Gasteiger partial charge is 0.282 e. The van der Waals surface area contributed by atoms with Crippen LogP contribution in [-0.4, -0.2) is 35.9 Å². The number of hydrogen-bond donors (Lipinski definition) is 3. The zero-order valence-electron chi connectivity index (χ0n) is 20.5. The quantitative estimate of drug-likeness (QED) is 0.0977. The van der Waals surface area contributed by atoms with Crippen molar-refractivity contribution in [2.24, 2.45) is 10.3 Å². The number of rotatable bonds is 7. The number of nitrogens with one attached hydrogen (secondary N) is 1. The van der Waals surface area contributed by atoms with Gasteiger partial charge in [0.25, 0.3) is 20.2 Å². The highest BCUT2D eigenvalue weighted by Crippen LogP contribution is 2.36. The predicted octanol–water partition coefficient (Wildman–Crippen LogP) is 6.84. The molecule has 0 aliphatic heterocycles. The van der Waals surface area contributed by atoms with Crippen molar-refractivity contribution in [2.45, 2.75) is 9.79 Å². The first-order valence-electron chi connectivity index (χ1n) is 11.7. The molecule has 6 aromatic rings. The number of hydrogen-bond acceptors (Lipinski definition) is 10. The molecule has 11 nitrogen and oxygen atoms in total. The van der Waals surface area contributed by atoms with E-state index in [9.17, 15) is 25.9 Å². The minimum atomic E-state index is -4.36. The van der Waals surface area contributed by atoms with Crippen LogP contribution in [0.3, 0.4) is 0 Å². The summed E-state index contributed by atoms with van der Waals surface area (Å²) >= 11 is 2.34. The summed E-state index contributed by atoms with van der Waals surface area (Å²) in [5, 5.41) is 9.39. The summed E-state index contributed by atoms with van der Waals surface area (Å²) in [6.45, 7) is 0. The molecule has 0 aliphatic carbocycles. The second kappa shape index (κ2) is 10.4. The molecule has 2 heterocycles. The van der Waals surface area contributed by atoms with Gasteiger partial charge in [-0.3, -0.25) is 14.5 Å². The topological polar surface area (TPSA) is 171 Å². The number of aromatic nitrogens is 2. The van der Waals surface area contributed by atoms with E-state index in [1.165, 1.54) is 46.9 Å². The Labute approximate surface area is 241 Å². The highest BCUT2D eigenvalue weighted by molar-refractivity contribution is 7.86. The normalized spacial score (nSPS) is 12.4. The first kappa shape index (κ1) is 27.1. The SMILES string of the molecule is O=S(=O)(O)c1cccc2nc(-c3ccc(N=NNc4ccc(-c5nc6cccc(S(=O)(=O)O)c6s5)cc4)cc3)sc12. The van der Waals surface area contributed by atoms with Gasteiger partial charge in [-0.1, -0.05) is 17.4 Å². The third kappa shape index (κ3) is 5.58. The minimum absolute atomic E-state index is 0.170. The third-order valence-corrected chi connectivity index (χ3v) is 10.3. The van der Waals surface area contributed by atoms with Crippen LogP contribution in [0.5, 0.6) is 0 Å². The number of nitrogens with zero attached hydrogens (tertiary/aromatic N) is 4. The van der Waals surface area contributed by atoms with Gasteiger partial charge in [-0.15, -0.1) is 27.8 Å². The summed E-state index contributed by atoms with van der Waals surface area (Å²) in [6.07, 6.45) is 0. The molecule has 0 fully saturated rings. The fraction of sp³-hybridized carbons (Fsp3) is 0. The van der Waals surface area contributed by atoms with Crippen molar-refractivity contribution in [1.29, 1.82) is 0 Å². The van der Waals surface area contributed by atoms with Gasteiger partial charge in [-0.2, -0.15) is 16.8 Å². The molecule has 2 aromatic heterocycles. The largest absolute Gasteiger partial charge is 0.296 e. The monoisotopic (exact) mass is 623 g/mol. The number of thiazole rings is 2.